The van der Waals surface area contributed by atoms with Gasteiger partial charge in [0.05, 0.1) is 6.42 Å². The van der Waals surface area contributed by atoms with E-state index in [2.05, 4.69) is 52.9 Å². The lowest BCUT2D eigenvalue weighted by Gasteiger charge is -2.40. The van der Waals surface area contributed by atoms with Crippen LogP contribution >= 0.6 is 15.9 Å². The Bertz CT molecular complexity index is 479. The highest BCUT2D eigenvalue weighted by Gasteiger charge is 2.32. The van der Waals surface area contributed by atoms with Crippen molar-refractivity contribution in [3.8, 4) is 0 Å². The van der Waals surface area contributed by atoms with Gasteiger partial charge in [0, 0.05) is 23.2 Å². The lowest BCUT2D eigenvalue weighted by molar-refractivity contribution is -0.139. The third-order valence-corrected chi connectivity index (χ3v) is 4.54. The maximum atomic E-state index is 10.9. The van der Waals surface area contributed by atoms with Crippen molar-refractivity contribution in [1.82, 2.24) is 0 Å². The Balaban J connectivity index is 2.05. The molecule has 104 valence electrons. The van der Waals surface area contributed by atoms with E-state index in [0.717, 1.165) is 30.4 Å². The Morgan fingerprint density at radius 3 is 2.58 bits per heavy atom. The lowest BCUT2D eigenvalue weighted by atomic mass is 9.77. The van der Waals surface area contributed by atoms with Crippen molar-refractivity contribution in [2.24, 2.45) is 5.41 Å². The number of aryl methyl sites for hydroxylation is 1. The SMILES string of the molecule is Cc1cc(Br)ccc1N1CCC(C)(CC(=O)O)CC1. The third kappa shape index (κ3) is 3.50. The van der Waals surface area contributed by atoms with Crippen molar-refractivity contribution in [3.05, 3.63) is 28.2 Å². The molecule has 0 spiro atoms. The molecule has 1 aliphatic heterocycles. The molecule has 1 heterocycles. The second kappa shape index (κ2) is 5.53. The van der Waals surface area contributed by atoms with E-state index in [1.54, 1.807) is 0 Å². The van der Waals surface area contributed by atoms with Crippen LogP contribution in [0.1, 0.15) is 31.7 Å². The zero-order chi connectivity index (χ0) is 14.0. The maximum absolute atomic E-state index is 10.9. The van der Waals surface area contributed by atoms with Crippen LogP contribution in [-0.2, 0) is 4.79 Å². The molecule has 0 radical (unpaired) electrons. The van der Waals surface area contributed by atoms with Crippen molar-refractivity contribution in [3.63, 3.8) is 0 Å². The summed E-state index contributed by atoms with van der Waals surface area (Å²) in [6.07, 6.45) is 2.16. The topological polar surface area (TPSA) is 40.5 Å². The van der Waals surface area contributed by atoms with Gasteiger partial charge in [-0.2, -0.15) is 0 Å². The predicted molar refractivity (Wildman–Crippen MR) is 80.7 cm³/mol. The molecule has 1 N–H and O–H groups in total. The van der Waals surface area contributed by atoms with Gasteiger partial charge in [0.15, 0.2) is 0 Å². The van der Waals surface area contributed by atoms with Crippen LogP contribution in [0.3, 0.4) is 0 Å². The first kappa shape index (κ1) is 14.4. The van der Waals surface area contributed by atoms with Crippen molar-refractivity contribution in [1.29, 1.82) is 0 Å². The number of piperidine rings is 1. The fourth-order valence-electron chi connectivity index (χ4n) is 2.80. The van der Waals surface area contributed by atoms with Crippen LogP contribution in [0, 0.1) is 12.3 Å². The number of halogens is 1. The Hall–Kier alpha value is -1.03. The Kier molecular flexibility index (Phi) is 4.19. The Labute approximate surface area is 122 Å². The summed E-state index contributed by atoms with van der Waals surface area (Å²) in [4.78, 5) is 13.3. The highest BCUT2D eigenvalue weighted by molar-refractivity contribution is 9.10. The van der Waals surface area contributed by atoms with Gasteiger partial charge in [0.25, 0.3) is 0 Å². The van der Waals surface area contributed by atoms with Gasteiger partial charge in [0.1, 0.15) is 0 Å². The zero-order valence-electron chi connectivity index (χ0n) is 11.4. The lowest BCUT2D eigenvalue weighted by Crippen LogP contribution is -2.40. The monoisotopic (exact) mass is 325 g/mol. The summed E-state index contributed by atoms with van der Waals surface area (Å²) in [5.74, 6) is -0.684. The number of aliphatic carboxylic acids is 1. The number of benzene rings is 1. The molecular weight excluding hydrogens is 306 g/mol. The summed E-state index contributed by atoms with van der Waals surface area (Å²) in [7, 11) is 0. The number of carboxylic acids is 1. The number of hydrogen-bond acceptors (Lipinski definition) is 2. The van der Waals surface area contributed by atoms with Crippen molar-refractivity contribution in [2.45, 2.75) is 33.1 Å². The molecule has 1 saturated heterocycles. The molecule has 1 aliphatic rings. The van der Waals surface area contributed by atoms with E-state index in [-0.39, 0.29) is 11.8 Å². The number of anilines is 1. The first-order chi connectivity index (χ1) is 8.89. The minimum absolute atomic E-state index is 0.0500. The normalized spacial score (nSPS) is 18.4. The van der Waals surface area contributed by atoms with Gasteiger partial charge >= 0.3 is 5.97 Å². The van der Waals surface area contributed by atoms with Gasteiger partial charge in [-0.25, -0.2) is 0 Å². The summed E-state index contributed by atoms with van der Waals surface area (Å²) in [5, 5.41) is 8.97. The second-order valence-corrected chi connectivity index (χ2v) is 6.71. The molecule has 1 fully saturated rings. The number of hydrogen-bond donors (Lipinski definition) is 1. The molecule has 0 aromatic heterocycles. The van der Waals surface area contributed by atoms with Crippen molar-refractivity contribution in [2.75, 3.05) is 18.0 Å². The standard InChI is InChI=1S/C15H20BrNO2/c1-11-9-12(16)3-4-13(11)17-7-5-15(2,6-8-17)10-14(18)19/h3-4,9H,5-8,10H2,1-2H3,(H,18,19). The van der Waals surface area contributed by atoms with Crippen molar-refractivity contribution >= 4 is 27.6 Å². The molecule has 1 aromatic carbocycles. The van der Waals surface area contributed by atoms with Crippen LogP contribution in [-0.4, -0.2) is 24.2 Å². The molecule has 0 amide bonds. The van der Waals surface area contributed by atoms with E-state index in [1.165, 1.54) is 11.3 Å². The molecule has 0 atom stereocenters. The molecule has 19 heavy (non-hydrogen) atoms. The Morgan fingerprint density at radius 1 is 1.42 bits per heavy atom. The maximum Gasteiger partial charge on any atom is 0.303 e. The van der Waals surface area contributed by atoms with Crippen LogP contribution in [0.4, 0.5) is 5.69 Å². The molecule has 4 heteroatoms. The quantitative estimate of drug-likeness (QED) is 0.917. The number of carboxylic acid groups (broad SMARTS) is 1. The summed E-state index contributed by atoms with van der Waals surface area (Å²) in [5.41, 5.74) is 2.47. The van der Waals surface area contributed by atoms with E-state index in [0.29, 0.717) is 0 Å². The van der Waals surface area contributed by atoms with Gasteiger partial charge in [-0.3, -0.25) is 4.79 Å². The average molecular weight is 326 g/mol. The van der Waals surface area contributed by atoms with Crippen LogP contribution in [0.5, 0.6) is 0 Å². The smallest absolute Gasteiger partial charge is 0.303 e. The first-order valence-corrected chi connectivity index (χ1v) is 7.42. The molecule has 2 rings (SSSR count). The summed E-state index contributed by atoms with van der Waals surface area (Å²) in [6.45, 7) is 6.08. The average Bonchev–Trinajstić information content (AvgIpc) is 2.29. The molecule has 0 bridgehead atoms. The van der Waals surface area contributed by atoms with Gasteiger partial charge in [-0.15, -0.1) is 0 Å². The number of carbonyl (C=O) groups is 1. The highest BCUT2D eigenvalue weighted by atomic mass is 79.9. The van der Waals surface area contributed by atoms with Gasteiger partial charge in [-0.05, 0) is 48.9 Å². The summed E-state index contributed by atoms with van der Waals surface area (Å²) < 4.78 is 1.10. The fourth-order valence-corrected chi connectivity index (χ4v) is 3.28. The summed E-state index contributed by atoms with van der Waals surface area (Å²) >= 11 is 3.48. The number of rotatable bonds is 3. The van der Waals surface area contributed by atoms with Crippen LogP contribution < -0.4 is 4.90 Å². The molecule has 0 saturated carbocycles. The van der Waals surface area contributed by atoms with E-state index < -0.39 is 5.97 Å². The van der Waals surface area contributed by atoms with E-state index >= 15 is 0 Å². The molecule has 0 unspecified atom stereocenters. The van der Waals surface area contributed by atoms with Crippen molar-refractivity contribution < 1.29 is 9.90 Å². The van der Waals surface area contributed by atoms with Gasteiger partial charge in [-0.1, -0.05) is 22.9 Å². The Morgan fingerprint density at radius 2 is 2.05 bits per heavy atom. The third-order valence-electron chi connectivity index (χ3n) is 4.05. The number of nitrogens with zero attached hydrogens (tertiary/aromatic N) is 1. The van der Waals surface area contributed by atoms with E-state index in [1.807, 2.05) is 0 Å². The zero-order valence-corrected chi connectivity index (χ0v) is 13.0. The van der Waals surface area contributed by atoms with Gasteiger partial charge < -0.3 is 10.0 Å². The van der Waals surface area contributed by atoms with E-state index in [4.69, 9.17) is 5.11 Å². The molecular formula is C15H20BrNO2. The highest BCUT2D eigenvalue weighted by Crippen LogP contribution is 2.37. The molecule has 3 nitrogen and oxygen atoms in total. The minimum atomic E-state index is -0.684. The summed E-state index contributed by atoms with van der Waals surface area (Å²) in [6, 6.07) is 6.33. The fraction of sp³-hybridized carbons (Fsp3) is 0.533. The van der Waals surface area contributed by atoms with E-state index in [9.17, 15) is 4.79 Å². The first-order valence-electron chi connectivity index (χ1n) is 6.63. The molecule has 1 aromatic rings. The van der Waals surface area contributed by atoms with Gasteiger partial charge in [0.2, 0.25) is 0 Å². The second-order valence-electron chi connectivity index (χ2n) is 5.80. The van der Waals surface area contributed by atoms with Crippen LogP contribution in [0.15, 0.2) is 22.7 Å². The van der Waals surface area contributed by atoms with Crippen LogP contribution in [0.25, 0.3) is 0 Å². The minimum Gasteiger partial charge on any atom is -0.481 e. The van der Waals surface area contributed by atoms with Crippen LogP contribution in [0.2, 0.25) is 0 Å². The largest absolute Gasteiger partial charge is 0.481 e. The predicted octanol–water partition coefficient (Wildman–Crippen LogP) is 3.84. The molecule has 0 aliphatic carbocycles.